The third-order valence-corrected chi connectivity index (χ3v) is 1.82. The second-order valence-electron chi connectivity index (χ2n) is 2.94. The number of carbonyl (C=O) groups excluding carboxylic acids is 1. The SMILES string of the molecule is CC(=O)c1c(O)cccc1CC(=O)O. The molecule has 4 heteroatoms. The van der Waals surface area contributed by atoms with Crippen molar-refractivity contribution in [3.8, 4) is 5.75 Å². The van der Waals surface area contributed by atoms with E-state index in [1.54, 1.807) is 0 Å². The Morgan fingerprint density at radius 1 is 1.36 bits per heavy atom. The highest BCUT2D eigenvalue weighted by molar-refractivity contribution is 5.99. The van der Waals surface area contributed by atoms with Gasteiger partial charge >= 0.3 is 5.97 Å². The molecule has 0 radical (unpaired) electrons. The Morgan fingerprint density at radius 3 is 2.50 bits per heavy atom. The number of aliphatic carboxylic acids is 1. The largest absolute Gasteiger partial charge is 0.507 e. The molecule has 0 atom stereocenters. The van der Waals surface area contributed by atoms with Crippen LogP contribution >= 0.6 is 0 Å². The first-order chi connectivity index (χ1) is 6.52. The minimum absolute atomic E-state index is 0.0925. The topological polar surface area (TPSA) is 74.6 Å². The number of carboxylic acids is 1. The van der Waals surface area contributed by atoms with E-state index in [0.717, 1.165) is 0 Å². The van der Waals surface area contributed by atoms with Crippen LogP contribution in [0.2, 0.25) is 0 Å². The maximum atomic E-state index is 11.1. The molecule has 14 heavy (non-hydrogen) atoms. The summed E-state index contributed by atoms with van der Waals surface area (Å²) in [5.74, 6) is -1.53. The van der Waals surface area contributed by atoms with Crippen LogP contribution in [0, 0.1) is 0 Å². The van der Waals surface area contributed by atoms with Crippen molar-refractivity contribution in [2.45, 2.75) is 13.3 Å². The summed E-state index contributed by atoms with van der Waals surface area (Å²) in [6, 6.07) is 4.40. The smallest absolute Gasteiger partial charge is 0.307 e. The van der Waals surface area contributed by atoms with E-state index in [9.17, 15) is 14.7 Å². The molecule has 1 aromatic carbocycles. The summed E-state index contributed by atoms with van der Waals surface area (Å²) in [5, 5.41) is 17.9. The standard InChI is InChI=1S/C10H10O4/c1-6(11)10-7(5-9(13)14)3-2-4-8(10)12/h2-4,12H,5H2,1H3,(H,13,14). The lowest BCUT2D eigenvalue weighted by Gasteiger charge is -2.05. The van der Waals surface area contributed by atoms with Gasteiger partial charge < -0.3 is 10.2 Å². The third-order valence-electron chi connectivity index (χ3n) is 1.82. The minimum atomic E-state index is -1.03. The summed E-state index contributed by atoms with van der Waals surface area (Å²) in [6.07, 6.45) is -0.261. The fraction of sp³-hybridized carbons (Fsp3) is 0.200. The van der Waals surface area contributed by atoms with Gasteiger partial charge in [-0.15, -0.1) is 0 Å². The van der Waals surface area contributed by atoms with Gasteiger partial charge in [-0.1, -0.05) is 12.1 Å². The van der Waals surface area contributed by atoms with Crippen LogP contribution in [0.1, 0.15) is 22.8 Å². The maximum absolute atomic E-state index is 11.1. The van der Waals surface area contributed by atoms with Gasteiger partial charge in [0.2, 0.25) is 0 Å². The molecule has 0 aliphatic rings. The predicted octanol–water partition coefficient (Wildman–Crippen LogP) is 1.22. The van der Waals surface area contributed by atoms with Crippen molar-refractivity contribution in [3.63, 3.8) is 0 Å². The fourth-order valence-electron chi connectivity index (χ4n) is 1.30. The summed E-state index contributed by atoms with van der Waals surface area (Å²) in [4.78, 5) is 21.6. The van der Waals surface area contributed by atoms with Gasteiger partial charge in [-0.25, -0.2) is 0 Å². The maximum Gasteiger partial charge on any atom is 0.307 e. The lowest BCUT2D eigenvalue weighted by atomic mass is 10.0. The van der Waals surface area contributed by atoms with Gasteiger partial charge in [0, 0.05) is 0 Å². The van der Waals surface area contributed by atoms with Gasteiger partial charge in [0.05, 0.1) is 12.0 Å². The predicted molar refractivity (Wildman–Crippen MR) is 49.5 cm³/mol. The number of carboxylic acid groups (broad SMARTS) is 1. The average Bonchev–Trinajstić information content (AvgIpc) is 2.01. The van der Waals surface area contributed by atoms with E-state index in [0.29, 0.717) is 5.56 Å². The molecule has 1 rings (SSSR count). The van der Waals surface area contributed by atoms with Crippen LogP contribution in [0.3, 0.4) is 0 Å². The van der Waals surface area contributed by atoms with Gasteiger partial charge in [0.1, 0.15) is 5.75 Å². The van der Waals surface area contributed by atoms with E-state index in [-0.39, 0.29) is 23.5 Å². The molecule has 0 amide bonds. The van der Waals surface area contributed by atoms with Crippen molar-refractivity contribution in [1.29, 1.82) is 0 Å². The van der Waals surface area contributed by atoms with Crippen LogP contribution in [0.25, 0.3) is 0 Å². The first-order valence-electron chi connectivity index (χ1n) is 4.06. The number of aromatic hydroxyl groups is 1. The van der Waals surface area contributed by atoms with Crippen molar-refractivity contribution in [2.24, 2.45) is 0 Å². The quantitative estimate of drug-likeness (QED) is 0.709. The lowest BCUT2D eigenvalue weighted by molar-refractivity contribution is -0.136. The fourth-order valence-corrected chi connectivity index (χ4v) is 1.30. The normalized spacial score (nSPS) is 9.79. The molecule has 2 N–H and O–H groups in total. The van der Waals surface area contributed by atoms with Crippen LogP contribution in [0.15, 0.2) is 18.2 Å². The van der Waals surface area contributed by atoms with E-state index in [4.69, 9.17) is 5.11 Å². The molecule has 1 aromatic rings. The van der Waals surface area contributed by atoms with E-state index < -0.39 is 5.97 Å². The zero-order chi connectivity index (χ0) is 10.7. The van der Waals surface area contributed by atoms with E-state index in [1.807, 2.05) is 0 Å². The highest BCUT2D eigenvalue weighted by atomic mass is 16.4. The zero-order valence-corrected chi connectivity index (χ0v) is 7.65. The van der Waals surface area contributed by atoms with Gasteiger partial charge in [0.25, 0.3) is 0 Å². The van der Waals surface area contributed by atoms with Crippen molar-refractivity contribution in [2.75, 3.05) is 0 Å². The lowest BCUT2D eigenvalue weighted by Crippen LogP contribution is -2.06. The molecule has 0 saturated heterocycles. The molecule has 0 bridgehead atoms. The summed E-state index contributed by atoms with van der Waals surface area (Å²) < 4.78 is 0. The van der Waals surface area contributed by atoms with E-state index >= 15 is 0 Å². The van der Waals surface area contributed by atoms with E-state index in [2.05, 4.69) is 0 Å². The van der Waals surface area contributed by atoms with Gasteiger partial charge in [-0.05, 0) is 18.6 Å². The van der Waals surface area contributed by atoms with Crippen LogP contribution in [-0.2, 0) is 11.2 Å². The Balaban J connectivity index is 3.21. The average molecular weight is 194 g/mol. The molecular formula is C10H10O4. The van der Waals surface area contributed by atoms with Crippen molar-refractivity contribution >= 4 is 11.8 Å². The molecule has 0 aromatic heterocycles. The number of benzene rings is 1. The molecule has 74 valence electrons. The molecule has 0 saturated carbocycles. The highest BCUT2D eigenvalue weighted by Gasteiger charge is 2.13. The monoisotopic (exact) mass is 194 g/mol. The van der Waals surface area contributed by atoms with Gasteiger partial charge in [0.15, 0.2) is 5.78 Å². The Hall–Kier alpha value is -1.84. The second-order valence-corrected chi connectivity index (χ2v) is 2.94. The molecule has 0 aliphatic carbocycles. The highest BCUT2D eigenvalue weighted by Crippen LogP contribution is 2.21. The Kier molecular flexibility index (Phi) is 2.86. The summed E-state index contributed by atoms with van der Waals surface area (Å²) in [6.45, 7) is 1.29. The summed E-state index contributed by atoms with van der Waals surface area (Å²) >= 11 is 0. The molecule has 0 aliphatic heterocycles. The number of ketones is 1. The van der Waals surface area contributed by atoms with Gasteiger partial charge in [-0.3, -0.25) is 9.59 Å². The second kappa shape index (κ2) is 3.91. The van der Waals surface area contributed by atoms with Crippen LogP contribution in [0.5, 0.6) is 5.75 Å². The molecule has 0 spiro atoms. The van der Waals surface area contributed by atoms with Gasteiger partial charge in [-0.2, -0.15) is 0 Å². The van der Waals surface area contributed by atoms with Crippen molar-refractivity contribution < 1.29 is 19.8 Å². The molecule has 4 nitrogen and oxygen atoms in total. The minimum Gasteiger partial charge on any atom is -0.507 e. The molecule has 0 fully saturated rings. The Bertz CT molecular complexity index is 382. The third kappa shape index (κ3) is 2.10. The van der Waals surface area contributed by atoms with Crippen molar-refractivity contribution in [1.82, 2.24) is 0 Å². The number of hydrogen-bond donors (Lipinski definition) is 2. The number of rotatable bonds is 3. The number of Topliss-reactive ketones (excluding diaryl/α,β-unsaturated/α-hetero) is 1. The first kappa shape index (κ1) is 10.2. The summed E-state index contributed by atoms with van der Waals surface area (Å²) in [5.41, 5.74) is 0.430. The molecule has 0 heterocycles. The number of phenols is 1. The number of phenolic OH excluding ortho intramolecular Hbond substituents is 1. The zero-order valence-electron chi connectivity index (χ0n) is 7.65. The molecular weight excluding hydrogens is 184 g/mol. The van der Waals surface area contributed by atoms with Crippen LogP contribution in [-0.4, -0.2) is 22.0 Å². The van der Waals surface area contributed by atoms with E-state index in [1.165, 1.54) is 25.1 Å². The van der Waals surface area contributed by atoms with Crippen molar-refractivity contribution in [3.05, 3.63) is 29.3 Å². The Labute approximate surface area is 80.8 Å². The van der Waals surface area contributed by atoms with Crippen LogP contribution in [0.4, 0.5) is 0 Å². The molecule has 0 unspecified atom stereocenters. The van der Waals surface area contributed by atoms with Crippen LogP contribution < -0.4 is 0 Å². The Morgan fingerprint density at radius 2 is 2.00 bits per heavy atom. The number of hydrogen-bond acceptors (Lipinski definition) is 3. The first-order valence-corrected chi connectivity index (χ1v) is 4.06. The summed E-state index contributed by atoms with van der Waals surface area (Å²) in [7, 11) is 0. The number of carbonyl (C=O) groups is 2.